The average Bonchev–Trinajstić information content (AvgIpc) is 3.38. The van der Waals surface area contributed by atoms with Crippen LogP contribution in [0.15, 0.2) is 47.5 Å². The number of rotatable bonds is 7. The number of aliphatic hydroxyl groups excluding tert-OH is 1. The van der Waals surface area contributed by atoms with Crippen LogP contribution in [0.5, 0.6) is 0 Å². The molecule has 3 atom stereocenters. The number of aromatic nitrogens is 2. The van der Waals surface area contributed by atoms with Gasteiger partial charge in [0.05, 0.1) is 28.6 Å². The zero-order valence-corrected chi connectivity index (χ0v) is 27.6. The molecule has 2 aromatic heterocycles. The van der Waals surface area contributed by atoms with Crippen molar-refractivity contribution in [3.8, 4) is 5.69 Å². The normalized spacial score (nSPS) is 28.0. The molecule has 2 saturated carbocycles. The number of hydrogen-bond donors (Lipinski definition) is 3. The fourth-order valence-electron chi connectivity index (χ4n) is 9.04. The number of likely N-dealkylation sites (N-methyl/N-ethyl adjacent to an activating group) is 1. The third kappa shape index (κ3) is 6.30. The van der Waals surface area contributed by atoms with E-state index < -0.39 is 17.4 Å². The van der Waals surface area contributed by atoms with Gasteiger partial charge in [-0.3, -0.25) is 18.8 Å². The van der Waals surface area contributed by atoms with Crippen molar-refractivity contribution < 1.29 is 18.3 Å². The third-order valence-corrected chi connectivity index (χ3v) is 11.7. The minimum Gasteiger partial charge on any atom is -0.396 e. The fraction of sp³-hybridized carbons (Fsp3) is 0.639. The molecule has 4 heterocycles. The number of alkyl halides is 3. The maximum Gasteiger partial charge on any atom is 0.418 e. The Balaban J connectivity index is 1.25. The molecule has 47 heavy (non-hydrogen) atoms. The first-order valence-corrected chi connectivity index (χ1v) is 17.6. The Bertz CT molecular complexity index is 1620. The Morgan fingerprint density at radius 1 is 1.06 bits per heavy atom. The van der Waals surface area contributed by atoms with Gasteiger partial charge in [-0.15, -0.1) is 0 Å². The van der Waals surface area contributed by atoms with E-state index >= 15 is 0 Å². The van der Waals surface area contributed by atoms with E-state index in [1.165, 1.54) is 46.9 Å². The highest BCUT2D eigenvalue weighted by atomic mass is 19.4. The van der Waals surface area contributed by atoms with E-state index in [4.69, 9.17) is 0 Å². The van der Waals surface area contributed by atoms with Gasteiger partial charge < -0.3 is 5.11 Å². The van der Waals surface area contributed by atoms with E-state index in [2.05, 4.69) is 40.7 Å². The van der Waals surface area contributed by atoms with Crippen molar-refractivity contribution in [1.29, 1.82) is 0 Å². The van der Waals surface area contributed by atoms with Gasteiger partial charge in [0.25, 0.3) is 0 Å². The van der Waals surface area contributed by atoms with E-state index in [1.54, 1.807) is 12.3 Å². The molecule has 2 aliphatic heterocycles. The van der Waals surface area contributed by atoms with Crippen LogP contribution in [-0.2, 0) is 12.7 Å². The summed E-state index contributed by atoms with van der Waals surface area (Å²) in [4.78, 5) is 18.5. The number of pyridine rings is 1. The van der Waals surface area contributed by atoms with E-state index in [0.29, 0.717) is 29.6 Å². The van der Waals surface area contributed by atoms with Gasteiger partial charge in [0, 0.05) is 38.0 Å². The Kier molecular flexibility index (Phi) is 9.06. The van der Waals surface area contributed by atoms with Crippen molar-refractivity contribution in [1.82, 2.24) is 29.6 Å². The number of nitrogens with zero attached hydrogens (tertiary/aromatic N) is 4. The lowest BCUT2D eigenvalue weighted by Crippen LogP contribution is -2.52. The molecule has 0 amide bonds. The second-order valence-electron chi connectivity index (χ2n) is 15.0. The number of fused-ring (bicyclic) bond motifs is 1. The molecule has 11 heteroatoms. The number of hydrazine groups is 1. The summed E-state index contributed by atoms with van der Waals surface area (Å²) in [6, 6.07) is 8.99. The topological polar surface area (TPSA) is 77.2 Å². The molecule has 1 unspecified atom stereocenters. The summed E-state index contributed by atoms with van der Waals surface area (Å²) in [5.41, 5.74) is 7.86. The second-order valence-corrected chi connectivity index (χ2v) is 15.0. The molecule has 4 fully saturated rings. The minimum atomic E-state index is -4.60. The lowest BCUT2D eigenvalue weighted by Gasteiger charge is -2.45. The van der Waals surface area contributed by atoms with Gasteiger partial charge in [0.1, 0.15) is 0 Å². The monoisotopic (exact) mass is 654 g/mol. The van der Waals surface area contributed by atoms with Crippen molar-refractivity contribution in [2.75, 3.05) is 26.7 Å². The fourth-order valence-corrected chi connectivity index (χ4v) is 9.04. The van der Waals surface area contributed by atoms with Gasteiger partial charge in [0.15, 0.2) is 0 Å². The minimum absolute atomic E-state index is 0.00489. The first-order valence-electron chi connectivity index (χ1n) is 17.6. The molecule has 7 rings (SSSR count). The summed E-state index contributed by atoms with van der Waals surface area (Å²) in [7, 11) is 2.19. The maximum atomic E-state index is 14.5. The number of aliphatic hydroxyl groups is 1. The summed E-state index contributed by atoms with van der Waals surface area (Å²) in [6.45, 7) is 4.40. The van der Waals surface area contributed by atoms with Crippen molar-refractivity contribution in [3.63, 3.8) is 0 Å². The standard InChI is InChI=1S/C36H49F3N6O2/c1-24-9-8-14-43(19-24)20-26-17-30(36(37,38)39)31-22-44(34(47)45(31)21-26)29-11-7-10-27(18-29)32(28-15-25(16-28)23-46)33-40-41-35(42(33)2)12-5-3-4-6-13-35/h7,10-11,17-18,21-22,24-25,28,32-33,40-41,46H,3-6,8-9,12-16,19-20,23H2,1-2H3/t24-,25-,28-,32-,33?/m0/s1. The average molecular weight is 655 g/mol. The number of likely N-dealkylation sites (tertiary alicyclic amines) is 1. The first kappa shape index (κ1) is 32.8. The highest BCUT2D eigenvalue weighted by Gasteiger charge is 2.50. The van der Waals surface area contributed by atoms with Crippen LogP contribution in [-0.4, -0.2) is 62.4 Å². The number of imidazole rings is 1. The Morgan fingerprint density at radius 2 is 1.83 bits per heavy atom. The summed E-state index contributed by atoms with van der Waals surface area (Å²) < 4.78 is 45.9. The summed E-state index contributed by atoms with van der Waals surface area (Å²) in [6.07, 6.45) is 9.26. The van der Waals surface area contributed by atoms with Crippen LogP contribution < -0.4 is 16.5 Å². The van der Waals surface area contributed by atoms with Gasteiger partial charge in [0.2, 0.25) is 0 Å². The Labute approximate surface area is 274 Å². The highest BCUT2D eigenvalue weighted by molar-refractivity contribution is 5.58. The summed E-state index contributed by atoms with van der Waals surface area (Å²) in [5.74, 6) is 1.16. The number of halogens is 3. The summed E-state index contributed by atoms with van der Waals surface area (Å²) in [5, 5.41) is 9.84. The maximum absolute atomic E-state index is 14.5. The van der Waals surface area contributed by atoms with Crippen molar-refractivity contribution in [2.24, 2.45) is 17.8 Å². The Hall–Kier alpha value is -2.70. The predicted molar refractivity (Wildman–Crippen MR) is 176 cm³/mol. The van der Waals surface area contributed by atoms with Crippen LogP contribution in [0.25, 0.3) is 11.2 Å². The quantitative estimate of drug-likeness (QED) is 0.297. The first-order chi connectivity index (χ1) is 22.6. The SMILES string of the molecule is C[C@H]1CCCN(Cc2cc(C(F)(F)F)c3cn(-c4cccc([C@H](C5NNC6(CCCCCC6)N5C)[C@H]5C[C@H](CO)C5)c4)c(=O)n3c2)C1. The highest BCUT2D eigenvalue weighted by Crippen LogP contribution is 2.48. The molecule has 3 N–H and O–H groups in total. The van der Waals surface area contributed by atoms with Gasteiger partial charge in [-0.2, -0.15) is 13.2 Å². The van der Waals surface area contributed by atoms with Gasteiger partial charge in [-0.25, -0.2) is 15.6 Å². The number of nitrogens with one attached hydrogen (secondary N) is 2. The van der Waals surface area contributed by atoms with E-state index in [9.17, 15) is 23.1 Å². The molecule has 3 aromatic rings. The molecule has 8 nitrogen and oxygen atoms in total. The molecule has 1 aromatic carbocycles. The second kappa shape index (κ2) is 13.0. The lowest BCUT2D eigenvalue weighted by molar-refractivity contribution is -0.136. The van der Waals surface area contributed by atoms with Crippen molar-refractivity contribution >= 4 is 5.52 Å². The largest absolute Gasteiger partial charge is 0.418 e. The molecule has 0 radical (unpaired) electrons. The van der Waals surface area contributed by atoms with Crippen LogP contribution in [0.3, 0.4) is 0 Å². The van der Waals surface area contributed by atoms with E-state index in [1.807, 2.05) is 12.1 Å². The lowest BCUT2D eigenvalue weighted by atomic mass is 9.65. The Morgan fingerprint density at radius 3 is 2.53 bits per heavy atom. The molecular weight excluding hydrogens is 605 g/mol. The van der Waals surface area contributed by atoms with Gasteiger partial charge in [-0.1, -0.05) is 44.7 Å². The molecule has 2 aliphatic carbocycles. The van der Waals surface area contributed by atoms with Crippen LogP contribution in [0.4, 0.5) is 13.2 Å². The molecule has 1 spiro atoms. The van der Waals surface area contributed by atoms with Crippen LogP contribution in [0, 0.1) is 17.8 Å². The van der Waals surface area contributed by atoms with Crippen molar-refractivity contribution in [2.45, 2.75) is 102 Å². The number of benzene rings is 1. The van der Waals surface area contributed by atoms with Gasteiger partial charge in [-0.05, 0) is 99.2 Å². The predicted octanol–water partition coefficient (Wildman–Crippen LogP) is 5.86. The molecule has 4 aliphatic rings. The summed E-state index contributed by atoms with van der Waals surface area (Å²) >= 11 is 0. The zero-order valence-electron chi connectivity index (χ0n) is 27.6. The molecule has 256 valence electrons. The zero-order chi connectivity index (χ0) is 32.9. The molecule has 0 bridgehead atoms. The van der Waals surface area contributed by atoms with E-state index in [0.717, 1.165) is 57.2 Å². The molecule has 2 saturated heterocycles. The van der Waals surface area contributed by atoms with Crippen molar-refractivity contribution in [3.05, 3.63) is 69.9 Å². The number of hydrogen-bond acceptors (Lipinski definition) is 6. The van der Waals surface area contributed by atoms with Crippen LogP contribution >= 0.6 is 0 Å². The van der Waals surface area contributed by atoms with Gasteiger partial charge >= 0.3 is 11.9 Å². The third-order valence-electron chi connectivity index (χ3n) is 11.7. The van der Waals surface area contributed by atoms with E-state index in [-0.39, 0.29) is 35.8 Å². The smallest absolute Gasteiger partial charge is 0.396 e. The number of piperidine rings is 1. The van der Waals surface area contributed by atoms with Crippen LogP contribution in [0.2, 0.25) is 0 Å². The molecular formula is C36H49F3N6O2. The van der Waals surface area contributed by atoms with Crippen LogP contribution in [0.1, 0.15) is 93.7 Å².